The quantitative estimate of drug-likeness (QED) is 0.704. The highest BCUT2D eigenvalue weighted by Gasteiger charge is 2.35. The number of hydrogen-bond acceptors (Lipinski definition) is 3. The Labute approximate surface area is 84.8 Å². The van der Waals surface area contributed by atoms with Crippen LogP contribution in [0.1, 0.15) is 20.3 Å². The lowest BCUT2D eigenvalue weighted by Crippen LogP contribution is -2.30. The van der Waals surface area contributed by atoms with Gasteiger partial charge in [0.1, 0.15) is 6.79 Å². The second-order valence-corrected chi connectivity index (χ2v) is 4.25. The fraction of sp³-hybridized carbons (Fsp3) is 0.600. The third-order valence-electron chi connectivity index (χ3n) is 2.00. The zero-order valence-corrected chi connectivity index (χ0v) is 8.88. The van der Waals surface area contributed by atoms with E-state index in [9.17, 15) is 4.79 Å². The van der Waals surface area contributed by atoms with Gasteiger partial charge in [-0.15, -0.1) is 0 Å². The van der Waals surface area contributed by atoms with Gasteiger partial charge in [0.25, 0.3) is 0 Å². The molecule has 0 bridgehead atoms. The van der Waals surface area contributed by atoms with E-state index in [-0.39, 0.29) is 11.3 Å². The van der Waals surface area contributed by atoms with Crippen LogP contribution in [0.4, 0.5) is 0 Å². The topological polar surface area (TPSA) is 63.4 Å². The molecule has 1 fully saturated rings. The molecule has 1 heterocycles. The van der Waals surface area contributed by atoms with Gasteiger partial charge in [-0.3, -0.25) is 4.79 Å². The third kappa shape index (κ3) is 3.60. The van der Waals surface area contributed by atoms with Gasteiger partial charge >= 0.3 is 0 Å². The molecule has 0 aromatic carbocycles. The van der Waals surface area contributed by atoms with Crippen LogP contribution in [-0.4, -0.2) is 30.7 Å². The summed E-state index contributed by atoms with van der Waals surface area (Å²) in [7, 11) is 0. The Morgan fingerprint density at radius 3 is 2.36 bits per heavy atom. The van der Waals surface area contributed by atoms with Crippen molar-refractivity contribution < 1.29 is 9.59 Å². The minimum atomic E-state index is 0.104. The Morgan fingerprint density at radius 1 is 1.57 bits per heavy atom. The van der Waals surface area contributed by atoms with Crippen molar-refractivity contribution in [3.05, 3.63) is 12.3 Å². The lowest BCUT2D eigenvalue weighted by atomic mass is 9.93. The largest absolute Gasteiger partial charge is 0.401 e. The molecule has 1 aliphatic heterocycles. The molecule has 0 aromatic heterocycles. The summed E-state index contributed by atoms with van der Waals surface area (Å²) < 4.78 is 0. The zero-order valence-electron chi connectivity index (χ0n) is 8.88. The lowest BCUT2D eigenvalue weighted by molar-refractivity contribution is -0.127. The monoisotopic (exact) mass is 198 g/mol. The van der Waals surface area contributed by atoms with Gasteiger partial charge in [-0.2, -0.15) is 0 Å². The molecule has 0 spiro atoms. The molecule has 1 rings (SSSR count). The Balaban J connectivity index is 0.000000791. The third-order valence-corrected chi connectivity index (χ3v) is 2.00. The van der Waals surface area contributed by atoms with Crippen molar-refractivity contribution in [3.63, 3.8) is 0 Å². The van der Waals surface area contributed by atoms with Gasteiger partial charge in [0, 0.05) is 18.7 Å². The first-order valence-corrected chi connectivity index (χ1v) is 4.41. The number of hydrogen-bond donors (Lipinski definition) is 1. The smallest absolute Gasteiger partial charge is 0.223 e. The zero-order chi connectivity index (χ0) is 11.4. The van der Waals surface area contributed by atoms with Gasteiger partial charge in [0.15, 0.2) is 0 Å². The number of nitrogens with zero attached hydrogens (tertiary/aromatic N) is 1. The van der Waals surface area contributed by atoms with E-state index < -0.39 is 0 Å². The molecule has 1 aliphatic rings. The van der Waals surface area contributed by atoms with E-state index in [0.717, 1.165) is 6.54 Å². The molecule has 14 heavy (non-hydrogen) atoms. The lowest BCUT2D eigenvalue weighted by Gasteiger charge is -2.19. The van der Waals surface area contributed by atoms with Gasteiger partial charge in [-0.1, -0.05) is 20.4 Å². The molecular weight excluding hydrogens is 180 g/mol. The van der Waals surface area contributed by atoms with Crippen molar-refractivity contribution in [2.75, 3.05) is 13.1 Å². The van der Waals surface area contributed by atoms with Gasteiger partial charge in [-0.25, -0.2) is 0 Å². The van der Waals surface area contributed by atoms with Gasteiger partial charge in [0.2, 0.25) is 5.91 Å². The highest BCUT2D eigenvalue weighted by Crippen LogP contribution is 2.29. The molecule has 2 N–H and O–H groups in total. The molecule has 0 unspecified atom stereocenters. The fourth-order valence-corrected chi connectivity index (χ4v) is 1.57. The number of nitrogens with two attached hydrogens (primary N) is 1. The minimum absolute atomic E-state index is 0.104. The fourth-order valence-electron chi connectivity index (χ4n) is 1.57. The highest BCUT2D eigenvalue weighted by atomic mass is 16.2. The highest BCUT2D eigenvalue weighted by molar-refractivity contribution is 5.79. The molecule has 0 atom stereocenters. The number of rotatable bonds is 2. The van der Waals surface area contributed by atoms with E-state index in [4.69, 9.17) is 10.5 Å². The maximum Gasteiger partial charge on any atom is 0.223 e. The Morgan fingerprint density at radius 2 is 2.07 bits per heavy atom. The average molecular weight is 198 g/mol. The standard InChI is InChI=1S/C9H16N2O.CH2O/c1-7(10)5-11-6-9(2,3)4-8(11)12;1-2/h1,4-6,10H2,2-3H3;1H2. The van der Waals surface area contributed by atoms with Crippen LogP contribution in [0, 0.1) is 5.41 Å². The van der Waals surface area contributed by atoms with E-state index in [1.165, 1.54) is 0 Å². The van der Waals surface area contributed by atoms with E-state index >= 15 is 0 Å². The van der Waals surface area contributed by atoms with Gasteiger partial charge in [-0.05, 0) is 5.41 Å². The van der Waals surface area contributed by atoms with Crippen LogP contribution in [0.2, 0.25) is 0 Å². The maximum atomic E-state index is 11.4. The van der Waals surface area contributed by atoms with Crippen molar-refractivity contribution >= 4 is 12.7 Å². The normalized spacial score (nSPS) is 18.7. The summed E-state index contributed by atoms with van der Waals surface area (Å²) in [6.45, 7) is 11.1. The predicted octanol–water partition coefficient (Wildman–Crippen LogP) is 0.532. The first-order valence-electron chi connectivity index (χ1n) is 4.41. The van der Waals surface area contributed by atoms with Crippen LogP contribution in [-0.2, 0) is 9.59 Å². The Kier molecular flexibility index (Phi) is 4.34. The van der Waals surface area contributed by atoms with Gasteiger partial charge < -0.3 is 15.4 Å². The molecule has 0 aromatic rings. The second-order valence-electron chi connectivity index (χ2n) is 4.25. The first kappa shape index (κ1) is 12.7. The Hall–Kier alpha value is -1.32. The summed E-state index contributed by atoms with van der Waals surface area (Å²) in [5.41, 5.74) is 6.09. The van der Waals surface area contributed by atoms with E-state index in [1.54, 1.807) is 4.90 Å². The number of carbonyl (C=O) groups is 2. The molecule has 4 nitrogen and oxygen atoms in total. The molecule has 4 heteroatoms. The number of carbonyl (C=O) groups excluding carboxylic acids is 2. The van der Waals surface area contributed by atoms with Crippen LogP contribution in [0.25, 0.3) is 0 Å². The van der Waals surface area contributed by atoms with Gasteiger partial charge in [0.05, 0.1) is 6.54 Å². The number of amides is 1. The molecule has 1 amide bonds. The van der Waals surface area contributed by atoms with Crippen molar-refractivity contribution in [2.45, 2.75) is 20.3 Å². The maximum absolute atomic E-state index is 11.4. The van der Waals surface area contributed by atoms with E-state index in [1.807, 2.05) is 6.79 Å². The molecule has 0 aliphatic carbocycles. The molecule has 0 saturated carbocycles. The van der Waals surface area contributed by atoms with Crippen LogP contribution in [0.3, 0.4) is 0 Å². The summed E-state index contributed by atoms with van der Waals surface area (Å²) in [4.78, 5) is 21.1. The average Bonchev–Trinajstić information content (AvgIpc) is 2.27. The van der Waals surface area contributed by atoms with Crippen molar-refractivity contribution in [1.29, 1.82) is 0 Å². The first-order chi connectivity index (χ1) is 6.41. The molecule has 1 saturated heterocycles. The molecule has 0 radical (unpaired) electrons. The van der Waals surface area contributed by atoms with Crippen molar-refractivity contribution in [2.24, 2.45) is 11.1 Å². The minimum Gasteiger partial charge on any atom is -0.401 e. The van der Waals surface area contributed by atoms with Crippen LogP contribution >= 0.6 is 0 Å². The molecular formula is C10H18N2O2. The number of likely N-dealkylation sites (tertiary alicyclic amines) is 1. The summed E-state index contributed by atoms with van der Waals surface area (Å²) in [6, 6.07) is 0. The van der Waals surface area contributed by atoms with E-state index in [2.05, 4.69) is 20.4 Å². The van der Waals surface area contributed by atoms with Crippen LogP contribution in [0.5, 0.6) is 0 Å². The van der Waals surface area contributed by atoms with Crippen molar-refractivity contribution in [3.8, 4) is 0 Å². The summed E-state index contributed by atoms with van der Waals surface area (Å²) in [6.07, 6.45) is 0.625. The molecule has 80 valence electrons. The predicted molar refractivity (Wildman–Crippen MR) is 55.4 cm³/mol. The van der Waals surface area contributed by atoms with Crippen LogP contribution in [0.15, 0.2) is 12.3 Å². The SMILES string of the molecule is C=C(N)CN1CC(C)(C)CC1=O.C=O. The second kappa shape index (κ2) is 4.79. The summed E-state index contributed by atoms with van der Waals surface area (Å²) >= 11 is 0. The van der Waals surface area contributed by atoms with Crippen LogP contribution < -0.4 is 5.73 Å². The van der Waals surface area contributed by atoms with Crippen molar-refractivity contribution in [1.82, 2.24) is 4.90 Å². The van der Waals surface area contributed by atoms with E-state index in [0.29, 0.717) is 18.7 Å². The Bertz CT molecular complexity index is 236. The summed E-state index contributed by atoms with van der Waals surface area (Å²) in [5, 5.41) is 0. The summed E-state index contributed by atoms with van der Waals surface area (Å²) in [5.74, 6) is 0.187.